The molecule has 0 atom stereocenters. The van der Waals surface area contributed by atoms with Crippen LogP contribution in [-0.2, 0) is 17.9 Å². The van der Waals surface area contributed by atoms with E-state index in [1.807, 2.05) is 18.3 Å². The first kappa shape index (κ1) is 21.6. The van der Waals surface area contributed by atoms with E-state index in [2.05, 4.69) is 43.6 Å². The Balaban J connectivity index is 1.52. The summed E-state index contributed by atoms with van der Waals surface area (Å²) in [5, 5.41) is 0. The number of carbonyl (C=O) groups is 1. The Kier molecular flexibility index (Phi) is 7.48. The van der Waals surface area contributed by atoms with Crippen molar-refractivity contribution in [2.45, 2.75) is 66.0 Å². The molecular formula is C24H34N2O3. The number of carbonyl (C=O) groups excluding carboxylic acids is 1. The van der Waals surface area contributed by atoms with Crippen LogP contribution in [0.5, 0.6) is 0 Å². The van der Waals surface area contributed by atoms with Crippen molar-refractivity contribution in [3.63, 3.8) is 0 Å². The van der Waals surface area contributed by atoms with Crippen LogP contribution in [0.4, 0.5) is 0 Å². The number of likely N-dealkylation sites (tertiary alicyclic amines) is 1. The van der Waals surface area contributed by atoms with Crippen molar-refractivity contribution in [3.8, 4) is 0 Å². The number of pyridine rings is 1. The van der Waals surface area contributed by atoms with Crippen molar-refractivity contribution in [2.75, 3.05) is 13.1 Å². The van der Waals surface area contributed by atoms with Crippen LogP contribution in [0.1, 0.15) is 80.4 Å². The van der Waals surface area contributed by atoms with E-state index in [-0.39, 0.29) is 12.4 Å². The van der Waals surface area contributed by atoms with E-state index in [9.17, 15) is 4.79 Å². The minimum absolute atomic E-state index is 0.197. The Morgan fingerprint density at radius 3 is 2.41 bits per heavy atom. The summed E-state index contributed by atoms with van der Waals surface area (Å²) in [6.07, 6.45) is 5.58. The number of hydrogen-bond donors (Lipinski definition) is 0. The second kappa shape index (κ2) is 10.1. The Morgan fingerprint density at radius 1 is 1.07 bits per heavy atom. The van der Waals surface area contributed by atoms with E-state index in [1.165, 1.54) is 19.3 Å². The molecule has 0 bridgehead atoms. The molecule has 1 fully saturated rings. The zero-order valence-corrected chi connectivity index (χ0v) is 18.2. The van der Waals surface area contributed by atoms with Crippen molar-refractivity contribution >= 4 is 5.97 Å². The standard InChI is InChI=1S/C24H34N2O3/c1-17(2)23(18(3)4)21-10-8-19(14-25-21)16-28-24(27)22-11-9-20(29-22)15-26-12-6-5-7-13-26/h8-11,14,17-18,23H,5-7,12-13,15-16H2,1-4H3. The number of hydrogen-bond acceptors (Lipinski definition) is 5. The number of esters is 1. The van der Waals surface area contributed by atoms with E-state index in [4.69, 9.17) is 9.15 Å². The summed E-state index contributed by atoms with van der Waals surface area (Å²) in [4.78, 5) is 19.3. The van der Waals surface area contributed by atoms with Crippen LogP contribution in [0.15, 0.2) is 34.9 Å². The number of rotatable bonds is 8. The molecule has 0 spiro atoms. The number of furan rings is 1. The van der Waals surface area contributed by atoms with E-state index >= 15 is 0 Å². The molecule has 1 aliphatic heterocycles. The maximum Gasteiger partial charge on any atom is 0.374 e. The molecule has 5 nitrogen and oxygen atoms in total. The first-order chi connectivity index (χ1) is 13.9. The lowest BCUT2D eigenvalue weighted by molar-refractivity contribution is 0.0431. The molecule has 3 rings (SSSR count). The lowest BCUT2D eigenvalue weighted by Crippen LogP contribution is -2.28. The second-order valence-electron chi connectivity index (χ2n) is 8.78. The maximum absolute atomic E-state index is 12.3. The molecular weight excluding hydrogens is 364 g/mol. The summed E-state index contributed by atoms with van der Waals surface area (Å²) in [6, 6.07) is 7.63. The molecule has 0 N–H and O–H groups in total. The molecule has 2 aromatic heterocycles. The number of aromatic nitrogens is 1. The Labute approximate surface area is 174 Å². The molecule has 3 heterocycles. The molecule has 0 saturated carbocycles. The van der Waals surface area contributed by atoms with Crippen molar-refractivity contribution in [1.29, 1.82) is 0 Å². The molecule has 0 aliphatic carbocycles. The monoisotopic (exact) mass is 398 g/mol. The highest BCUT2D eigenvalue weighted by molar-refractivity contribution is 5.86. The minimum Gasteiger partial charge on any atom is -0.455 e. The topological polar surface area (TPSA) is 55.6 Å². The highest BCUT2D eigenvalue weighted by atomic mass is 16.5. The van der Waals surface area contributed by atoms with E-state index in [1.54, 1.807) is 6.07 Å². The zero-order valence-electron chi connectivity index (χ0n) is 18.2. The minimum atomic E-state index is -0.429. The van der Waals surface area contributed by atoms with Gasteiger partial charge in [-0.25, -0.2) is 4.79 Å². The van der Waals surface area contributed by atoms with Crippen molar-refractivity contribution in [2.24, 2.45) is 11.8 Å². The highest BCUT2D eigenvalue weighted by Crippen LogP contribution is 2.30. The van der Waals surface area contributed by atoms with Gasteiger partial charge in [0.15, 0.2) is 0 Å². The average molecular weight is 399 g/mol. The third kappa shape index (κ3) is 5.92. The van der Waals surface area contributed by atoms with Crippen molar-refractivity contribution < 1.29 is 13.9 Å². The lowest BCUT2D eigenvalue weighted by atomic mass is 9.82. The summed E-state index contributed by atoms with van der Waals surface area (Å²) in [7, 11) is 0. The third-order valence-corrected chi connectivity index (χ3v) is 5.69. The Morgan fingerprint density at radius 2 is 1.79 bits per heavy atom. The summed E-state index contributed by atoms with van der Waals surface area (Å²) in [5.41, 5.74) is 1.98. The Hall–Kier alpha value is -2.14. The average Bonchev–Trinajstić information content (AvgIpc) is 3.16. The SMILES string of the molecule is CC(C)C(c1ccc(COC(=O)c2ccc(CN3CCCCC3)o2)cn1)C(C)C. The quantitative estimate of drug-likeness (QED) is 0.556. The number of ether oxygens (including phenoxy) is 1. The second-order valence-corrected chi connectivity index (χ2v) is 8.78. The smallest absolute Gasteiger partial charge is 0.374 e. The first-order valence-electron chi connectivity index (χ1n) is 10.9. The van der Waals surface area contributed by atoms with Crippen molar-refractivity contribution in [1.82, 2.24) is 9.88 Å². The van der Waals surface area contributed by atoms with Gasteiger partial charge in [-0.2, -0.15) is 0 Å². The number of nitrogens with zero attached hydrogens (tertiary/aromatic N) is 2. The van der Waals surface area contributed by atoms with E-state index < -0.39 is 5.97 Å². The van der Waals surface area contributed by atoms with Crippen LogP contribution in [-0.4, -0.2) is 28.9 Å². The van der Waals surface area contributed by atoms with Gasteiger partial charge in [-0.15, -0.1) is 0 Å². The summed E-state index contributed by atoms with van der Waals surface area (Å²) < 4.78 is 11.1. The van der Waals surface area contributed by atoms with Crippen LogP contribution in [0.25, 0.3) is 0 Å². The van der Waals surface area contributed by atoms with Crippen LogP contribution in [0, 0.1) is 11.8 Å². The lowest BCUT2D eigenvalue weighted by Gasteiger charge is -2.25. The van der Waals surface area contributed by atoms with Gasteiger partial charge in [-0.05, 0) is 56.0 Å². The zero-order chi connectivity index (χ0) is 20.8. The van der Waals surface area contributed by atoms with Crippen LogP contribution >= 0.6 is 0 Å². The molecule has 2 aromatic rings. The fraction of sp³-hybridized carbons (Fsp3) is 0.583. The van der Waals surface area contributed by atoms with Crippen LogP contribution in [0.3, 0.4) is 0 Å². The molecule has 158 valence electrons. The predicted octanol–water partition coefficient (Wildman–Crippen LogP) is 5.41. The predicted molar refractivity (Wildman–Crippen MR) is 114 cm³/mol. The molecule has 1 saturated heterocycles. The van der Waals surface area contributed by atoms with Gasteiger partial charge in [0.1, 0.15) is 12.4 Å². The van der Waals surface area contributed by atoms with Gasteiger partial charge in [-0.3, -0.25) is 9.88 Å². The molecule has 0 unspecified atom stereocenters. The van der Waals surface area contributed by atoms with Gasteiger partial charge in [0.05, 0.1) is 6.54 Å². The van der Waals surface area contributed by atoms with Crippen molar-refractivity contribution in [3.05, 3.63) is 53.2 Å². The summed E-state index contributed by atoms with van der Waals surface area (Å²) >= 11 is 0. The first-order valence-corrected chi connectivity index (χ1v) is 10.9. The van der Waals surface area contributed by atoms with Gasteiger partial charge < -0.3 is 9.15 Å². The largest absolute Gasteiger partial charge is 0.455 e. The molecule has 0 aromatic carbocycles. The van der Waals surface area contributed by atoms with Gasteiger partial charge in [0, 0.05) is 23.4 Å². The number of piperidine rings is 1. The van der Waals surface area contributed by atoms with Gasteiger partial charge >= 0.3 is 5.97 Å². The van der Waals surface area contributed by atoms with Crippen LogP contribution < -0.4 is 0 Å². The summed E-state index contributed by atoms with van der Waals surface area (Å²) in [5.74, 6) is 2.14. The molecule has 29 heavy (non-hydrogen) atoms. The molecule has 5 heteroatoms. The van der Waals surface area contributed by atoms with Gasteiger partial charge in [0.25, 0.3) is 0 Å². The summed E-state index contributed by atoms with van der Waals surface area (Å²) in [6.45, 7) is 12.1. The third-order valence-electron chi connectivity index (χ3n) is 5.69. The normalized spacial score (nSPS) is 15.4. The van der Waals surface area contributed by atoms with Gasteiger partial charge in [0.2, 0.25) is 5.76 Å². The van der Waals surface area contributed by atoms with E-state index in [0.29, 0.717) is 17.8 Å². The molecule has 0 amide bonds. The highest BCUT2D eigenvalue weighted by Gasteiger charge is 2.21. The fourth-order valence-corrected chi connectivity index (χ4v) is 4.30. The van der Waals surface area contributed by atoms with E-state index in [0.717, 1.165) is 36.7 Å². The molecule has 0 radical (unpaired) electrons. The Bertz CT molecular complexity index is 766. The molecule has 1 aliphatic rings. The van der Waals surface area contributed by atoms with Gasteiger partial charge in [-0.1, -0.05) is 40.2 Å². The van der Waals surface area contributed by atoms with Crippen LogP contribution in [0.2, 0.25) is 0 Å². The maximum atomic E-state index is 12.3. The fourth-order valence-electron chi connectivity index (χ4n) is 4.30.